The van der Waals surface area contributed by atoms with Crippen molar-refractivity contribution in [1.29, 1.82) is 0 Å². The quantitative estimate of drug-likeness (QED) is 0.639. The Labute approximate surface area is 91.7 Å². The Bertz CT molecular complexity index is 295. The summed E-state index contributed by atoms with van der Waals surface area (Å²) in [4.78, 5) is 34.4. The van der Waals surface area contributed by atoms with Crippen molar-refractivity contribution in [2.45, 2.75) is 18.9 Å². The van der Waals surface area contributed by atoms with Crippen LogP contribution in [0.15, 0.2) is 0 Å². The van der Waals surface area contributed by atoms with Crippen LogP contribution in [0.25, 0.3) is 0 Å². The molecule has 1 rings (SSSR count). The number of carbonyl (C=O) groups excluding carboxylic acids is 3. The number of imide groups is 1. The zero-order chi connectivity index (χ0) is 11.4. The normalized spacial score (nSPS) is 19.3. The highest BCUT2D eigenvalue weighted by Gasteiger charge is 2.36. The third-order valence-electron chi connectivity index (χ3n) is 2.18. The van der Waals surface area contributed by atoms with Gasteiger partial charge in [-0.1, -0.05) is 0 Å². The number of amides is 4. The minimum absolute atomic E-state index is 0.0718. The molecule has 15 heavy (non-hydrogen) atoms. The van der Waals surface area contributed by atoms with Crippen molar-refractivity contribution in [2.24, 2.45) is 5.73 Å². The summed E-state index contributed by atoms with van der Waals surface area (Å²) in [5.41, 5.74) is 5.05. The van der Waals surface area contributed by atoms with E-state index >= 15 is 0 Å². The van der Waals surface area contributed by atoms with Crippen LogP contribution < -0.4 is 11.1 Å². The van der Waals surface area contributed by atoms with E-state index in [-0.39, 0.29) is 12.3 Å². The first-order chi connectivity index (χ1) is 7.06. The summed E-state index contributed by atoms with van der Waals surface area (Å²) in [7, 11) is 0. The Morgan fingerprint density at radius 1 is 1.47 bits per heavy atom. The number of rotatable bonds is 3. The molecule has 84 valence electrons. The Hall–Kier alpha value is -1.30. The standard InChI is InChI=1S/C8H12ClN3O3/c9-3-1-6(13)11-8(15)12-4-2-5(12)7(10)14/h5H,1-4H2,(H2,10,14)(H,11,13,15). The molecule has 0 aromatic carbocycles. The molecule has 0 saturated carbocycles. The van der Waals surface area contributed by atoms with E-state index in [1.54, 1.807) is 0 Å². The predicted molar refractivity (Wildman–Crippen MR) is 53.2 cm³/mol. The Morgan fingerprint density at radius 2 is 2.13 bits per heavy atom. The van der Waals surface area contributed by atoms with Crippen LogP contribution in [0.4, 0.5) is 4.79 Å². The highest BCUT2D eigenvalue weighted by atomic mass is 35.5. The number of halogens is 1. The Balaban J connectivity index is 2.41. The molecule has 0 aromatic heterocycles. The summed E-state index contributed by atoms with van der Waals surface area (Å²) < 4.78 is 0. The zero-order valence-corrected chi connectivity index (χ0v) is 8.79. The Morgan fingerprint density at radius 3 is 2.53 bits per heavy atom. The lowest BCUT2D eigenvalue weighted by Gasteiger charge is -2.38. The lowest BCUT2D eigenvalue weighted by atomic mass is 10.0. The van der Waals surface area contributed by atoms with Crippen molar-refractivity contribution in [1.82, 2.24) is 10.2 Å². The molecule has 3 N–H and O–H groups in total. The molecule has 1 unspecified atom stereocenters. The fourth-order valence-corrected chi connectivity index (χ4v) is 1.44. The number of urea groups is 1. The first-order valence-electron chi connectivity index (χ1n) is 4.52. The number of carbonyl (C=O) groups is 3. The van der Waals surface area contributed by atoms with Crippen LogP contribution in [0.5, 0.6) is 0 Å². The average molecular weight is 234 g/mol. The van der Waals surface area contributed by atoms with Gasteiger partial charge < -0.3 is 10.6 Å². The third kappa shape index (κ3) is 2.82. The number of likely N-dealkylation sites (tertiary alicyclic amines) is 1. The molecule has 6 nitrogen and oxygen atoms in total. The van der Waals surface area contributed by atoms with Crippen LogP contribution in [0.1, 0.15) is 12.8 Å². The van der Waals surface area contributed by atoms with Crippen LogP contribution in [0, 0.1) is 0 Å². The average Bonchev–Trinajstić information content (AvgIpc) is 1.99. The second kappa shape index (κ2) is 4.97. The van der Waals surface area contributed by atoms with E-state index in [0.29, 0.717) is 13.0 Å². The summed E-state index contributed by atoms with van der Waals surface area (Å²) in [6.45, 7) is 0.438. The molecular weight excluding hydrogens is 222 g/mol. The number of primary amides is 1. The summed E-state index contributed by atoms with van der Waals surface area (Å²) in [6, 6.07) is -1.17. The van der Waals surface area contributed by atoms with Gasteiger partial charge in [0.05, 0.1) is 0 Å². The van der Waals surface area contributed by atoms with E-state index in [1.165, 1.54) is 4.90 Å². The minimum Gasteiger partial charge on any atom is -0.368 e. The number of hydrogen-bond acceptors (Lipinski definition) is 3. The van der Waals surface area contributed by atoms with E-state index in [1.807, 2.05) is 0 Å². The predicted octanol–water partition coefficient (Wildman–Crippen LogP) is -0.589. The highest BCUT2D eigenvalue weighted by Crippen LogP contribution is 2.16. The van der Waals surface area contributed by atoms with Crippen molar-refractivity contribution in [2.75, 3.05) is 12.4 Å². The molecule has 1 atom stereocenters. The van der Waals surface area contributed by atoms with Gasteiger partial charge in [0, 0.05) is 18.8 Å². The topological polar surface area (TPSA) is 92.5 Å². The summed E-state index contributed by atoms with van der Waals surface area (Å²) in [6.07, 6.45) is 0.620. The fraction of sp³-hybridized carbons (Fsp3) is 0.625. The maximum absolute atomic E-state index is 11.4. The molecule has 0 aromatic rings. The molecule has 0 spiro atoms. The first kappa shape index (κ1) is 11.8. The zero-order valence-electron chi connectivity index (χ0n) is 8.03. The molecule has 1 heterocycles. The monoisotopic (exact) mass is 233 g/mol. The molecule has 1 aliphatic heterocycles. The van der Waals surface area contributed by atoms with Crippen LogP contribution in [-0.2, 0) is 9.59 Å². The summed E-state index contributed by atoms with van der Waals surface area (Å²) in [5.74, 6) is -0.857. The van der Waals surface area contributed by atoms with Crippen LogP contribution >= 0.6 is 11.6 Å². The van der Waals surface area contributed by atoms with E-state index < -0.39 is 23.9 Å². The summed E-state index contributed by atoms with van der Waals surface area (Å²) >= 11 is 5.33. The molecule has 0 radical (unpaired) electrons. The Kier molecular flexibility index (Phi) is 3.90. The van der Waals surface area contributed by atoms with Gasteiger partial charge >= 0.3 is 6.03 Å². The van der Waals surface area contributed by atoms with E-state index in [0.717, 1.165) is 0 Å². The lowest BCUT2D eigenvalue weighted by Crippen LogP contribution is -2.60. The maximum atomic E-state index is 11.4. The van der Waals surface area contributed by atoms with Gasteiger partial charge in [-0.2, -0.15) is 0 Å². The van der Waals surface area contributed by atoms with Gasteiger partial charge in [-0.25, -0.2) is 4.79 Å². The molecule has 1 aliphatic rings. The fourth-order valence-electron chi connectivity index (χ4n) is 1.27. The van der Waals surface area contributed by atoms with Gasteiger partial charge in [0.15, 0.2) is 0 Å². The van der Waals surface area contributed by atoms with Crippen molar-refractivity contribution in [3.63, 3.8) is 0 Å². The van der Waals surface area contributed by atoms with Gasteiger partial charge in [0.1, 0.15) is 6.04 Å². The second-order valence-electron chi connectivity index (χ2n) is 3.19. The molecule has 0 bridgehead atoms. The smallest absolute Gasteiger partial charge is 0.324 e. The van der Waals surface area contributed by atoms with Crippen LogP contribution in [0.3, 0.4) is 0 Å². The van der Waals surface area contributed by atoms with Gasteiger partial charge in [0.25, 0.3) is 0 Å². The molecule has 1 saturated heterocycles. The third-order valence-corrected chi connectivity index (χ3v) is 2.37. The summed E-state index contributed by atoms with van der Waals surface area (Å²) in [5, 5.41) is 2.12. The second-order valence-corrected chi connectivity index (χ2v) is 3.57. The van der Waals surface area contributed by atoms with E-state index in [4.69, 9.17) is 17.3 Å². The molecule has 4 amide bonds. The molecule has 1 fully saturated rings. The first-order valence-corrected chi connectivity index (χ1v) is 5.05. The SMILES string of the molecule is NC(=O)C1CCN1C(=O)NC(=O)CCCl. The number of hydrogen-bond donors (Lipinski definition) is 2. The minimum atomic E-state index is -0.589. The largest absolute Gasteiger partial charge is 0.368 e. The van der Waals surface area contributed by atoms with Crippen molar-refractivity contribution in [3.05, 3.63) is 0 Å². The van der Waals surface area contributed by atoms with E-state index in [2.05, 4.69) is 5.32 Å². The number of alkyl halides is 1. The van der Waals surface area contributed by atoms with Gasteiger partial charge in [0.2, 0.25) is 11.8 Å². The lowest BCUT2D eigenvalue weighted by molar-refractivity contribution is -0.126. The highest BCUT2D eigenvalue weighted by molar-refractivity contribution is 6.19. The molecular formula is C8H12ClN3O3. The van der Waals surface area contributed by atoms with E-state index in [9.17, 15) is 14.4 Å². The van der Waals surface area contributed by atoms with Crippen LogP contribution in [-0.4, -0.2) is 41.2 Å². The molecule has 0 aliphatic carbocycles. The van der Waals surface area contributed by atoms with Crippen LogP contribution in [0.2, 0.25) is 0 Å². The van der Waals surface area contributed by atoms with Crippen molar-refractivity contribution in [3.8, 4) is 0 Å². The molecule has 7 heteroatoms. The van der Waals surface area contributed by atoms with Crippen molar-refractivity contribution >= 4 is 29.4 Å². The number of nitrogens with two attached hydrogens (primary N) is 1. The van der Waals surface area contributed by atoms with Crippen molar-refractivity contribution < 1.29 is 14.4 Å². The van der Waals surface area contributed by atoms with Gasteiger partial charge in [-0.15, -0.1) is 11.6 Å². The van der Waals surface area contributed by atoms with Gasteiger partial charge in [-0.3, -0.25) is 14.9 Å². The maximum Gasteiger partial charge on any atom is 0.324 e. The van der Waals surface area contributed by atoms with Gasteiger partial charge in [-0.05, 0) is 6.42 Å². The number of nitrogens with one attached hydrogen (secondary N) is 1. The number of nitrogens with zero attached hydrogens (tertiary/aromatic N) is 1.